The highest BCUT2D eigenvalue weighted by atomic mass is 35.5. The summed E-state index contributed by atoms with van der Waals surface area (Å²) in [5.41, 5.74) is -6.07. The van der Waals surface area contributed by atoms with Gasteiger partial charge < -0.3 is 4.84 Å². The molecule has 32 heavy (non-hydrogen) atoms. The lowest BCUT2D eigenvalue weighted by atomic mass is 9.88. The highest BCUT2D eigenvalue weighted by Gasteiger charge is 2.63. The van der Waals surface area contributed by atoms with Gasteiger partial charge in [-0.3, -0.25) is 0 Å². The van der Waals surface area contributed by atoms with E-state index in [0.717, 1.165) is 35.7 Å². The van der Waals surface area contributed by atoms with Gasteiger partial charge >= 0.3 is 12.4 Å². The molecule has 0 radical (unpaired) electrons. The van der Waals surface area contributed by atoms with Crippen molar-refractivity contribution in [3.8, 4) is 5.69 Å². The summed E-state index contributed by atoms with van der Waals surface area (Å²) in [5.74, 6) is -0.694. The fourth-order valence-electron chi connectivity index (χ4n) is 3.03. The smallest absolute Gasteiger partial charge is 0.374 e. The molecular formula is C17H8Cl2F6N6O. The topological polar surface area (TPSA) is 78.1 Å². The van der Waals surface area contributed by atoms with Gasteiger partial charge in [0.15, 0.2) is 11.5 Å². The molecule has 0 amide bonds. The third-order valence-electron chi connectivity index (χ3n) is 4.48. The minimum Gasteiger partial charge on any atom is -0.374 e. The second-order valence-electron chi connectivity index (χ2n) is 6.55. The zero-order valence-electron chi connectivity index (χ0n) is 15.3. The first-order valence-electron chi connectivity index (χ1n) is 8.49. The van der Waals surface area contributed by atoms with Crippen LogP contribution in [0.25, 0.3) is 5.69 Å². The van der Waals surface area contributed by atoms with Gasteiger partial charge in [-0.05, 0) is 18.2 Å². The molecule has 4 rings (SSSR count). The lowest BCUT2D eigenvalue weighted by Crippen LogP contribution is -2.42. The van der Waals surface area contributed by atoms with Crippen molar-refractivity contribution < 1.29 is 31.2 Å². The predicted octanol–water partition coefficient (Wildman–Crippen LogP) is 4.97. The zero-order chi connectivity index (χ0) is 23.3. The van der Waals surface area contributed by atoms with E-state index < -0.39 is 52.9 Å². The van der Waals surface area contributed by atoms with Gasteiger partial charge in [0.05, 0.1) is 12.6 Å². The highest BCUT2D eigenvalue weighted by Crippen LogP contribution is 2.49. The number of nitrogens with zero attached hydrogens (tertiary/aromatic N) is 6. The molecule has 0 bridgehead atoms. The monoisotopic (exact) mass is 496 g/mol. The van der Waals surface area contributed by atoms with Crippen LogP contribution in [0.15, 0.2) is 42.2 Å². The second kappa shape index (κ2) is 7.59. The van der Waals surface area contributed by atoms with Gasteiger partial charge in [0.2, 0.25) is 0 Å². The number of rotatable bonds is 3. The molecule has 2 aromatic heterocycles. The fraction of sp³-hybridized carbons (Fsp3) is 0.235. The normalized spacial score (nSPS) is 19.1. The molecule has 1 aliphatic rings. The molecule has 3 aromatic rings. The third-order valence-corrected chi connectivity index (χ3v) is 4.91. The Morgan fingerprint density at radius 3 is 2.28 bits per heavy atom. The van der Waals surface area contributed by atoms with Crippen molar-refractivity contribution in [1.82, 2.24) is 24.7 Å². The number of hydrogen-bond acceptors (Lipinski definition) is 6. The first kappa shape index (κ1) is 22.3. The van der Waals surface area contributed by atoms with Gasteiger partial charge in [0, 0.05) is 15.6 Å². The van der Waals surface area contributed by atoms with Crippen LogP contribution in [0.1, 0.15) is 23.5 Å². The Morgan fingerprint density at radius 1 is 1.03 bits per heavy atom. The summed E-state index contributed by atoms with van der Waals surface area (Å²) >= 11 is 11.6. The van der Waals surface area contributed by atoms with Crippen molar-refractivity contribution in [2.45, 2.75) is 24.4 Å². The van der Waals surface area contributed by atoms with E-state index in [1.165, 1.54) is 6.07 Å². The summed E-state index contributed by atoms with van der Waals surface area (Å²) in [4.78, 5) is 15.4. The van der Waals surface area contributed by atoms with Crippen LogP contribution < -0.4 is 0 Å². The van der Waals surface area contributed by atoms with Gasteiger partial charge in [-0.2, -0.15) is 31.4 Å². The SMILES string of the molecule is FC(F)(F)c1nc(C2=NOC(c3cc(Cl)cc(Cl)c3)(C(F)(F)F)C2)ncc1-n1cncn1. The van der Waals surface area contributed by atoms with Crippen LogP contribution in [0.4, 0.5) is 26.3 Å². The van der Waals surface area contributed by atoms with E-state index in [0.29, 0.717) is 0 Å². The number of aromatic nitrogens is 5. The largest absolute Gasteiger partial charge is 0.435 e. The summed E-state index contributed by atoms with van der Waals surface area (Å²) in [5, 5.41) is 6.76. The minimum absolute atomic E-state index is 0.0963. The molecule has 168 valence electrons. The maximum atomic E-state index is 14.0. The fourth-order valence-corrected chi connectivity index (χ4v) is 3.56. The van der Waals surface area contributed by atoms with Crippen molar-refractivity contribution in [1.29, 1.82) is 0 Å². The maximum Gasteiger partial charge on any atom is 0.435 e. The van der Waals surface area contributed by atoms with Gasteiger partial charge in [-0.1, -0.05) is 28.4 Å². The van der Waals surface area contributed by atoms with Crippen molar-refractivity contribution >= 4 is 28.9 Å². The number of oxime groups is 1. The van der Waals surface area contributed by atoms with E-state index in [9.17, 15) is 26.3 Å². The molecule has 0 saturated heterocycles. The first-order valence-corrected chi connectivity index (χ1v) is 9.24. The Morgan fingerprint density at radius 2 is 1.72 bits per heavy atom. The van der Waals surface area contributed by atoms with Crippen LogP contribution in [0, 0.1) is 0 Å². The summed E-state index contributed by atoms with van der Waals surface area (Å²) in [7, 11) is 0. The summed E-state index contributed by atoms with van der Waals surface area (Å²) < 4.78 is 83.6. The van der Waals surface area contributed by atoms with E-state index >= 15 is 0 Å². The highest BCUT2D eigenvalue weighted by molar-refractivity contribution is 6.34. The Bertz CT molecular complexity index is 1180. The average Bonchev–Trinajstić information content (AvgIpc) is 3.36. The minimum atomic E-state index is -5.03. The van der Waals surface area contributed by atoms with Crippen molar-refractivity contribution in [3.63, 3.8) is 0 Å². The van der Waals surface area contributed by atoms with Crippen molar-refractivity contribution in [3.05, 3.63) is 64.2 Å². The molecule has 0 fully saturated rings. The lowest BCUT2D eigenvalue weighted by molar-refractivity contribution is -0.275. The Kier molecular flexibility index (Phi) is 5.28. The molecule has 0 aliphatic carbocycles. The molecule has 0 N–H and O–H groups in total. The molecule has 1 atom stereocenters. The Hall–Kier alpha value is -2.93. The molecule has 1 aromatic carbocycles. The molecular weight excluding hydrogens is 489 g/mol. The summed E-state index contributed by atoms with van der Waals surface area (Å²) in [6.07, 6.45) is -8.27. The molecule has 0 spiro atoms. The summed E-state index contributed by atoms with van der Waals surface area (Å²) in [6.45, 7) is 0. The van der Waals surface area contributed by atoms with Crippen molar-refractivity contribution in [2.24, 2.45) is 5.16 Å². The third kappa shape index (κ3) is 3.86. The molecule has 1 unspecified atom stereocenters. The van der Waals surface area contributed by atoms with E-state index in [-0.39, 0.29) is 10.0 Å². The van der Waals surface area contributed by atoms with E-state index in [1.54, 1.807) is 0 Å². The predicted molar refractivity (Wildman–Crippen MR) is 98.4 cm³/mol. The molecule has 3 heterocycles. The molecule has 7 nitrogen and oxygen atoms in total. The van der Waals surface area contributed by atoms with E-state index in [2.05, 4.69) is 25.2 Å². The number of halogens is 8. The van der Waals surface area contributed by atoms with Gasteiger partial charge in [0.1, 0.15) is 24.1 Å². The zero-order valence-corrected chi connectivity index (χ0v) is 16.8. The first-order chi connectivity index (χ1) is 14.9. The van der Waals surface area contributed by atoms with Crippen LogP contribution in [-0.2, 0) is 16.6 Å². The van der Waals surface area contributed by atoms with Gasteiger partial charge in [-0.15, -0.1) is 0 Å². The van der Waals surface area contributed by atoms with Gasteiger partial charge in [-0.25, -0.2) is 19.6 Å². The van der Waals surface area contributed by atoms with Crippen LogP contribution in [0.3, 0.4) is 0 Å². The van der Waals surface area contributed by atoms with Crippen molar-refractivity contribution in [2.75, 3.05) is 0 Å². The van der Waals surface area contributed by atoms with Crippen LogP contribution in [0.5, 0.6) is 0 Å². The Balaban J connectivity index is 1.77. The van der Waals surface area contributed by atoms with E-state index in [4.69, 9.17) is 28.0 Å². The van der Waals surface area contributed by atoms with E-state index in [1.807, 2.05) is 0 Å². The van der Waals surface area contributed by atoms with Crippen LogP contribution >= 0.6 is 23.2 Å². The van der Waals surface area contributed by atoms with Gasteiger partial charge in [0.25, 0.3) is 5.60 Å². The van der Waals surface area contributed by atoms with Crippen LogP contribution in [-0.4, -0.2) is 36.6 Å². The molecule has 1 aliphatic heterocycles. The lowest BCUT2D eigenvalue weighted by Gasteiger charge is -2.29. The molecule has 15 heteroatoms. The number of hydrogen-bond donors (Lipinski definition) is 0. The van der Waals surface area contributed by atoms with Crippen LogP contribution in [0.2, 0.25) is 10.0 Å². The second-order valence-corrected chi connectivity index (χ2v) is 7.43. The Labute approximate surface area is 184 Å². The quantitative estimate of drug-likeness (QED) is 0.478. The standard InChI is InChI=1S/C17H8Cl2F6N6O/c18-9-1-8(2-10(19)3-9)15(17(23,24)25)4-11(30-32-15)14-27-5-12(31-7-26-6-28-31)13(29-14)16(20,21)22/h1-3,5-7H,4H2. The molecule has 0 saturated carbocycles. The number of benzene rings is 1. The summed E-state index contributed by atoms with van der Waals surface area (Å²) in [6, 6.07) is 3.18. The number of alkyl halides is 6. The maximum absolute atomic E-state index is 14.0. The average molecular weight is 497 g/mol.